The fraction of sp³-hybridized carbons (Fsp3) is 0.143. The van der Waals surface area contributed by atoms with E-state index in [-0.39, 0.29) is 11.5 Å². The molecule has 2 N–H and O–H groups in total. The summed E-state index contributed by atoms with van der Waals surface area (Å²) in [5.74, 6) is -0.302. The second kappa shape index (κ2) is 3.79. The van der Waals surface area contributed by atoms with Crippen molar-refractivity contribution in [3.05, 3.63) is 24.3 Å². The lowest BCUT2D eigenvalue weighted by molar-refractivity contribution is 0.239. The summed E-state index contributed by atoms with van der Waals surface area (Å²) >= 11 is 0. The Morgan fingerprint density at radius 2 is 2.00 bits per heavy atom. The number of rotatable bonds is 3. The molecule has 0 saturated heterocycles. The largest absolute Gasteiger partial charge is 0.527 e. The van der Waals surface area contributed by atoms with E-state index in [0.29, 0.717) is 0 Å². The number of para-hydroxylation sites is 2. The third-order valence-corrected chi connectivity index (χ3v) is 2.20. The van der Waals surface area contributed by atoms with Gasteiger partial charge in [0.2, 0.25) is 0 Å². The standard InChI is InChI=1S/C7H9O5P/c1-11-13(9,10)12-7-5-3-2-4-6(7)8/h2-5,8H,1H3,(H,9,10). The molecule has 13 heavy (non-hydrogen) atoms. The Bertz CT molecular complexity index is 337. The first-order valence-corrected chi connectivity index (χ1v) is 4.91. The molecule has 1 atom stereocenters. The molecule has 1 aromatic rings. The quantitative estimate of drug-likeness (QED) is 0.730. The molecule has 0 spiro atoms. The Morgan fingerprint density at radius 1 is 1.38 bits per heavy atom. The van der Waals surface area contributed by atoms with Crippen LogP contribution in [0.25, 0.3) is 0 Å². The van der Waals surface area contributed by atoms with Crippen LogP contribution in [0.3, 0.4) is 0 Å². The molecular formula is C7H9O5P. The lowest BCUT2D eigenvalue weighted by Crippen LogP contribution is -1.93. The average Bonchev–Trinajstić information content (AvgIpc) is 2.09. The molecule has 0 fully saturated rings. The molecule has 0 aliphatic carbocycles. The van der Waals surface area contributed by atoms with Crippen molar-refractivity contribution in [1.82, 2.24) is 0 Å². The summed E-state index contributed by atoms with van der Waals surface area (Å²) in [5, 5.41) is 9.16. The molecule has 1 rings (SSSR count). The Kier molecular flexibility index (Phi) is 2.93. The van der Waals surface area contributed by atoms with Gasteiger partial charge >= 0.3 is 7.82 Å². The van der Waals surface area contributed by atoms with Gasteiger partial charge in [-0.2, -0.15) is 0 Å². The zero-order valence-corrected chi connectivity index (χ0v) is 7.77. The molecule has 0 aliphatic heterocycles. The molecule has 5 nitrogen and oxygen atoms in total. The van der Waals surface area contributed by atoms with E-state index in [0.717, 1.165) is 7.11 Å². The highest BCUT2D eigenvalue weighted by atomic mass is 31.2. The summed E-state index contributed by atoms with van der Waals surface area (Å²) in [4.78, 5) is 8.90. The number of hydrogen-bond donors (Lipinski definition) is 2. The van der Waals surface area contributed by atoms with Gasteiger partial charge in [0.15, 0.2) is 11.5 Å². The van der Waals surface area contributed by atoms with E-state index in [4.69, 9.17) is 10.00 Å². The first-order valence-electron chi connectivity index (χ1n) is 3.41. The Labute approximate surface area is 75.2 Å². The molecule has 0 amide bonds. The molecular weight excluding hydrogens is 195 g/mol. The van der Waals surface area contributed by atoms with E-state index in [1.165, 1.54) is 12.1 Å². The van der Waals surface area contributed by atoms with Crippen LogP contribution in [0.1, 0.15) is 0 Å². The second-order valence-electron chi connectivity index (χ2n) is 2.21. The van der Waals surface area contributed by atoms with Crippen LogP contribution in [0.5, 0.6) is 11.5 Å². The summed E-state index contributed by atoms with van der Waals surface area (Å²) in [5.41, 5.74) is 0. The minimum atomic E-state index is -4.08. The van der Waals surface area contributed by atoms with Gasteiger partial charge < -0.3 is 9.63 Å². The van der Waals surface area contributed by atoms with Gasteiger partial charge in [0.05, 0.1) is 0 Å². The molecule has 0 aliphatic rings. The van der Waals surface area contributed by atoms with E-state index >= 15 is 0 Å². The van der Waals surface area contributed by atoms with Crippen LogP contribution in [-0.2, 0) is 9.09 Å². The highest BCUT2D eigenvalue weighted by Crippen LogP contribution is 2.45. The van der Waals surface area contributed by atoms with Gasteiger partial charge in [0.1, 0.15) is 0 Å². The fourth-order valence-corrected chi connectivity index (χ4v) is 1.17. The fourth-order valence-electron chi connectivity index (χ4n) is 0.696. The third kappa shape index (κ3) is 2.73. The number of benzene rings is 1. The van der Waals surface area contributed by atoms with Crippen molar-refractivity contribution in [2.75, 3.05) is 7.11 Å². The summed E-state index contributed by atoms with van der Waals surface area (Å²) in [6.45, 7) is 0. The first kappa shape index (κ1) is 10.1. The van der Waals surface area contributed by atoms with Crippen LogP contribution in [0.15, 0.2) is 24.3 Å². The molecule has 0 heterocycles. The molecule has 72 valence electrons. The van der Waals surface area contributed by atoms with Crippen LogP contribution in [0.2, 0.25) is 0 Å². The summed E-state index contributed by atoms with van der Waals surface area (Å²) in [7, 11) is -3.04. The molecule has 0 aromatic heterocycles. The lowest BCUT2D eigenvalue weighted by atomic mass is 10.3. The average molecular weight is 204 g/mol. The van der Waals surface area contributed by atoms with Crippen LogP contribution in [0, 0.1) is 0 Å². The predicted octanol–water partition coefficient (Wildman–Crippen LogP) is 1.52. The lowest BCUT2D eigenvalue weighted by Gasteiger charge is -2.10. The SMILES string of the molecule is COP(=O)(O)Oc1ccccc1O. The second-order valence-corrected chi connectivity index (χ2v) is 3.69. The maximum absolute atomic E-state index is 10.9. The van der Waals surface area contributed by atoms with E-state index in [1.807, 2.05) is 0 Å². The molecule has 0 bridgehead atoms. The summed E-state index contributed by atoms with van der Waals surface area (Å²) in [6.07, 6.45) is 0. The van der Waals surface area contributed by atoms with Crippen molar-refractivity contribution in [2.24, 2.45) is 0 Å². The molecule has 0 radical (unpaired) electrons. The monoisotopic (exact) mass is 204 g/mol. The van der Waals surface area contributed by atoms with E-state index in [2.05, 4.69) is 9.05 Å². The van der Waals surface area contributed by atoms with E-state index < -0.39 is 7.82 Å². The summed E-state index contributed by atoms with van der Waals surface area (Å²) in [6, 6.07) is 5.82. The van der Waals surface area contributed by atoms with Crippen LogP contribution in [-0.4, -0.2) is 17.1 Å². The molecule has 1 aromatic carbocycles. The predicted molar refractivity (Wildman–Crippen MR) is 45.6 cm³/mol. The molecule has 0 saturated carbocycles. The number of phosphoric acid groups is 1. The normalized spacial score (nSPS) is 14.9. The van der Waals surface area contributed by atoms with Gasteiger partial charge in [-0.1, -0.05) is 12.1 Å². The third-order valence-electron chi connectivity index (χ3n) is 1.31. The first-order chi connectivity index (χ1) is 6.05. The maximum Gasteiger partial charge on any atom is 0.527 e. The van der Waals surface area contributed by atoms with Crippen LogP contribution in [0.4, 0.5) is 0 Å². The van der Waals surface area contributed by atoms with E-state index in [9.17, 15) is 4.57 Å². The van der Waals surface area contributed by atoms with Crippen molar-refractivity contribution in [2.45, 2.75) is 0 Å². The van der Waals surface area contributed by atoms with Gasteiger partial charge in [0, 0.05) is 7.11 Å². The molecule has 6 heteroatoms. The number of phenols is 1. The van der Waals surface area contributed by atoms with Crippen molar-refractivity contribution in [1.29, 1.82) is 0 Å². The minimum absolute atomic E-state index is 0.0878. The summed E-state index contributed by atoms with van der Waals surface area (Å²) < 4.78 is 19.6. The van der Waals surface area contributed by atoms with Gasteiger partial charge in [-0.05, 0) is 12.1 Å². The Morgan fingerprint density at radius 3 is 2.54 bits per heavy atom. The maximum atomic E-state index is 10.9. The molecule has 1 unspecified atom stereocenters. The zero-order valence-electron chi connectivity index (χ0n) is 6.88. The minimum Gasteiger partial charge on any atom is -0.504 e. The number of phosphoric ester groups is 1. The van der Waals surface area contributed by atoms with Gasteiger partial charge in [0.25, 0.3) is 0 Å². The van der Waals surface area contributed by atoms with Gasteiger partial charge in [-0.15, -0.1) is 0 Å². The highest BCUT2D eigenvalue weighted by molar-refractivity contribution is 7.47. The van der Waals surface area contributed by atoms with Crippen molar-refractivity contribution < 1.29 is 23.6 Å². The number of hydrogen-bond acceptors (Lipinski definition) is 4. The van der Waals surface area contributed by atoms with Crippen molar-refractivity contribution >= 4 is 7.82 Å². The van der Waals surface area contributed by atoms with Crippen LogP contribution < -0.4 is 4.52 Å². The van der Waals surface area contributed by atoms with Crippen molar-refractivity contribution in [3.63, 3.8) is 0 Å². The van der Waals surface area contributed by atoms with Gasteiger partial charge in [-0.3, -0.25) is 9.42 Å². The van der Waals surface area contributed by atoms with E-state index in [1.54, 1.807) is 12.1 Å². The highest BCUT2D eigenvalue weighted by Gasteiger charge is 2.21. The number of aromatic hydroxyl groups is 1. The zero-order chi connectivity index (χ0) is 9.90. The van der Waals surface area contributed by atoms with Crippen LogP contribution >= 0.6 is 7.82 Å². The smallest absolute Gasteiger partial charge is 0.504 e. The topological polar surface area (TPSA) is 76.0 Å². The Hall–Kier alpha value is -1.03. The number of phenolic OH excluding ortho intramolecular Hbond substituents is 1. The van der Waals surface area contributed by atoms with Gasteiger partial charge in [-0.25, -0.2) is 4.57 Å². The van der Waals surface area contributed by atoms with Crippen molar-refractivity contribution in [3.8, 4) is 11.5 Å². The Balaban J connectivity index is 2.86.